The highest BCUT2D eigenvalue weighted by Gasteiger charge is 2.21. The Morgan fingerprint density at radius 1 is 1.03 bits per heavy atom. The highest BCUT2D eigenvalue weighted by Crippen LogP contribution is 2.34. The van der Waals surface area contributed by atoms with E-state index < -0.39 is 0 Å². The molecular formula is C22H16N6O2S. The lowest BCUT2D eigenvalue weighted by molar-refractivity contribution is 0.103. The fourth-order valence-electron chi connectivity index (χ4n) is 3.17. The van der Waals surface area contributed by atoms with Gasteiger partial charge in [-0.05, 0) is 34.7 Å². The van der Waals surface area contributed by atoms with Crippen molar-refractivity contribution < 1.29 is 9.21 Å². The molecule has 0 unspecified atom stereocenters. The van der Waals surface area contributed by atoms with Crippen molar-refractivity contribution in [2.45, 2.75) is 0 Å². The molecule has 0 bridgehead atoms. The molecule has 152 valence electrons. The van der Waals surface area contributed by atoms with Crippen LogP contribution in [-0.2, 0) is 7.05 Å². The van der Waals surface area contributed by atoms with Gasteiger partial charge < -0.3 is 9.73 Å². The Morgan fingerprint density at radius 2 is 1.87 bits per heavy atom. The second-order valence-corrected chi connectivity index (χ2v) is 7.70. The number of aromatic nitrogens is 5. The van der Waals surface area contributed by atoms with E-state index in [4.69, 9.17) is 4.42 Å². The zero-order chi connectivity index (χ0) is 21.2. The van der Waals surface area contributed by atoms with Crippen molar-refractivity contribution in [3.63, 3.8) is 0 Å². The van der Waals surface area contributed by atoms with Gasteiger partial charge in [-0.15, -0.1) is 16.4 Å². The first-order chi connectivity index (χ1) is 15.2. The Labute approximate surface area is 181 Å². The van der Waals surface area contributed by atoms with E-state index in [0.29, 0.717) is 32.9 Å². The zero-order valence-corrected chi connectivity index (χ0v) is 17.2. The molecule has 9 heteroatoms. The number of carbonyl (C=O) groups excluding carboxylic acids is 1. The Balaban J connectivity index is 1.50. The number of thiazole rings is 1. The first-order valence-electron chi connectivity index (χ1n) is 9.43. The molecule has 1 N–H and O–H groups in total. The molecule has 0 spiro atoms. The Bertz CT molecular complexity index is 1340. The Hall–Kier alpha value is -4.11. The second kappa shape index (κ2) is 7.96. The van der Waals surface area contributed by atoms with E-state index in [-0.39, 0.29) is 5.91 Å². The predicted molar refractivity (Wildman–Crippen MR) is 117 cm³/mol. The molecule has 0 saturated carbocycles. The van der Waals surface area contributed by atoms with Crippen LogP contribution in [0.25, 0.3) is 33.4 Å². The van der Waals surface area contributed by atoms with Gasteiger partial charge in [0.15, 0.2) is 16.6 Å². The van der Waals surface area contributed by atoms with Crippen LogP contribution in [0.5, 0.6) is 0 Å². The number of tetrazole rings is 1. The van der Waals surface area contributed by atoms with Crippen LogP contribution >= 0.6 is 11.3 Å². The summed E-state index contributed by atoms with van der Waals surface area (Å²) in [4.78, 5) is 18.4. The van der Waals surface area contributed by atoms with Gasteiger partial charge in [-0.1, -0.05) is 42.5 Å². The molecule has 3 aromatic heterocycles. The third-order valence-electron chi connectivity index (χ3n) is 4.61. The number of benzene rings is 2. The van der Waals surface area contributed by atoms with Gasteiger partial charge in [-0.3, -0.25) is 4.79 Å². The highest BCUT2D eigenvalue weighted by atomic mass is 32.1. The fraction of sp³-hybridized carbons (Fsp3) is 0.0455. The van der Waals surface area contributed by atoms with Crippen molar-refractivity contribution in [3.05, 3.63) is 77.9 Å². The molecule has 8 nitrogen and oxygen atoms in total. The molecule has 0 aliphatic rings. The fourth-order valence-corrected chi connectivity index (χ4v) is 4.12. The van der Waals surface area contributed by atoms with Crippen molar-refractivity contribution in [2.24, 2.45) is 7.05 Å². The monoisotopic (exact) mass is 428 g/mol. The summed E-state index contributed by atoms with van der Waals surface area (Å²) in [6.45, 7) is 0. The molecular weight excluding hydrogens is 412 g/mol. The molecule has 3 heterocycles. The van der Waals surface area contributed by atoms with Crippen molar-refractivity contribution >= 4 is 22.9 Å². The van der Waals surface area contributed by atoms with Gasteiger partial charge in [0.05, 0.1) is 12.0 Å². The summed E-state index contributed by atoms with van der Waals surface area (Å²) in [7, 11) is 1.76. The molecule has 0 fully saturated rings. The third kappa shape index (κ3) is 3.74. The van der Waals surface area contributed by atoms with Gasteiger partial charge in [0, 0.05) is 23.9 Å². The van der Waals surface area contributed by atoms with Crippen molar-refractivity contribution in [3.8, 4) is 33.4 Å². The maximum atomic E-state index is 13.2. The van der Waals surface area contributed by atoms with E-state index in [0.717, 1.165) is 11.1 Å². The van der Waals surface area contributed by atoms with Crippen molar-refractivity contribution in [1.82, 2.24) is 25.2 Å². The minimum atomic E-state index is -0.248. The molecule has 0 saturated heterocycles. The summed E-state index contributed by atoms with van der Waals surface area (Å²) >= 11 is 1.29. The lowest BCUT2D eigenvalue weighted by Gasteiger charge is -2.07. The van der Waals surface area contributed by atoms with Crippen LogP contribution in [-0.4, -0.2) is 31.1 Å². The van der Waals surface area contributed by atoms with E-state index in [1.54, 1.807) is 24.1 Å². The minimum Gasteiger partial charge on any atom is -0.462 e. The minimum absolute atomic E-state index is 0.248. The van der Waals surface area contributed by atoms with Crippen LogP contribution in [0.15, 0.2) is 77.4 Å². The Morgan fingerprint density at radius 3 is 2.61 bits per heavy atom. The average molecular weight is 428 g/mol. The number of anilines is 1. The average Bonchev–Trinajstić information content (AvgIpc) is 3.55. The van der Waals surface area contributed by atoms with Crippen LogP contribution in [0.1, 0.15) is 9.67 Å². The lowest BCUT2D eigenvalue weighted by Crippen LogP contribution is -2.11. The van der Waals surface area contributed by atoms with E-state index in [1.165, 1.54) is 11.3 Å². The number of amides is 1. The van der Waals surface area contributed by atoms with E-state index in [9.17, 15) is 4.79 Å². The van der Waals surface area contributed by atoms with Crippen LogP contribution in [0.4, 0.5) is 5.69 Å². The first kappa shape index (κ1) is 18.9. The van der Waals surface area contributed by atoms with Crippen LogP contribution in [0.2, 0.25) is 0 Å². The van der Waals surface area contributed by atoms with E-state index in [2.05, 4.69) is 25.8 Å². The van der Waals surface area contributed by atoms with Gasteiger partial charge in [0.2, 0.25) is 0 Å². The first-order valence-corrected chi connectivity index (χ1v) is 10.2. The largest absolute Gasteiger partial charge is 0.462 e. The summed E-state index contributed by atoms with van der Waals surface area (Å²) in [5, 5.41) is 15.2. The third-order valence-corrected chi connectivity index (χ3v) is 5.68. The zero-order valence-electron chi connectivity index (χ0n) is 16.4. The van der Waals surface area contributed by atoms with Gasteiger partial charge in [0.1, 0.15) is 4.88 Å². The van der Waals surface area contributed by atoms with Gasteiger partial charge in [-0.25, -0.2) is 9.67 Å². The number of furan rings is 1. The molecule has 0 aliphatic heterocycles. The van der Waals surface area contributed by atoms with Crippen molar-refractivity contribution in [1.29, 1.82) is 0 Å². The number of hydrogen-bond donors (Lipinski definition) is 1. The number of rotatable bonds is 5. The van der Waals surface area contributed by atoms with E-state index in [1.807, 2.05) is 60.7 Å². The molecule has 2 aromatic carbocycles. The molecule has 0 radical (unpaired) electrons. The number of hydrogen-bond acceptors (Lipinski definition) is 7. The normalized spacial score (nSPS) is 10.9. The summed E-state index contributed by atoms with van der Waals surface area (Å²) in [6.07, 6.45) is 1.59. The maximum absolute atomic E-state index is 13.2. The van der Waals surface area contributed by atoms with Gasteiger partial charge in [-0.2, -0.15) is 0 Å². The number of carbonyl (C=O) groups is 1. The lowest BCUT2D eigenvalue weighted by atomic mass is 10.1. The summed E-state index contributed by atoms with van der Waals surface area (Å²) in [5.41, 5.74) is 2.91. The van der Waals surface area contributed by atoms with Crippen LogP contribution in [0.3, 0.4) is 0 Å². The second-order valence-electron chi connectivity index (χ2n) is 6.70. The molecule has 0 aliphatic carbocycles. The molecule has 1 amide bonds. The van der Waals surface area contributed by atoms with Crippen LogP contribution in [0, 0.1) is 0 Å². The van der Waals surface area contributed by atoms with Gasteiger partial charge >= 0.3 is 0 Å². The summed E-state index contributed by atoms with van der Waals surface area (Å²) in [6, 6.07) is 20.6. The van der Waals surface area contributed by atoms with Crippen LogP contribution < -0.4 is 5.32 Å². The number of aryl methyl sites for hydroxylation is 1. The number of nitrogens with one attached hydrogen (secondary N) is 1. The standard InChI is InChI=1S/C22H16N6O2S/c1-28-20(25-26-27-28)15-9-5-10-16(13-15)23-21(29)19-18(14-7-3-2-4-8-14)24-22(31-19)17-11-6-12-30-17/h2-13H,1H3,(H,23,29). The summed E-state index contributed by atoms with van der Waals surface area (Å²) in [5.74, 6) is 0.986. The van der Waals surface area contributed by atoms with Gasteiger partial charge in [0.25, 0.3) is 5.91 Å². The smallest absolute Gasteiger partial charge is 0.268 e. The molecule has 5 rings (SSSR count). The Kier molecular flexibility index (Phi) is 4.85. The van der Waals surface area contributed by atoms with E-state index >= 15 is 0 Å². The predicted octanol–water partition coefficient (Wildman–Crippen LogP) is 4.51. The maximum Gasteiger partial charge on any atom is 0.268 e. The summed E-state index contributed by atoms with van der Waals surface area (Å²) < 4.78 is 7.06. The molecule has 5 aromatic rings. The highest BCUT2D eigenvalue weighted by molar-refractivity contribution is 7.17. The SMILES string of the molecule is Cn1nnnc1-c1cccc(NC(=O)c2sc(-c3ccco3)nc2-c2ccccc2)c1. The quantitative estimate of drug-likeness (QED) is 0.442. The van der Waals surface area contributed by atoms with Crippen molar-refractivity contribution in [2.75, 3.05) is 5.32 Å². The molecule has 0 atom stereocenters. The number of nitrogens with zero attached hydrogens (tertiary/aromatic N) is 5. The topological polar surface area (TPSA) is 98.7 Å². The molecule has 31 heavy (non-hydrogen) atoms.